The number of hydrogen-bond donors (Lipinski definition) is 2. The topological polar surface area (TPSA) is 82.6 Å². The van der Waals surface area contributed by atoms with Gasteiger partial charge in [0.25, 0.3) is 5.56 Å². The van der Waals surface area contributed by atoms with Crippen molar-refractivity contribution in [1.82, 2.24) is 9.88 Å². The van der Waals surface area contributed by atoms with Gasteiger partial charge in [-0.05, 0) is 6.07 Å². The highest BCUT2D eigenvalue weighted by Gasteiger charge is 2.51. The number of carbonyl (C=O) groups is 1. The van der Waals surface area contributed by atoms with Gasteiger partial charge in [-0.25, -0.2) is 4.79 Å². The number of aromatic nitrogens is 1. The minimum Gasteiger partial charge on any atom is -0.468 e. The quantitative estimate of drug-likeness (QED) is 0.649. The largest absolute Gasteiger partial charge is 0.468 e. The second-order valence-electron chi connectivity index (χ2n) is 4.28. The molecule has 6 heteroatoms. The van der Waals surface area contributed by atoms with Gasteiger partial charge in [-0.1, -0.05) is 0 Å². The number of amides is 1. The SMILES string of the molecule is O=C(O)N1CC2(Cc3ccc(=O)[nH]c3O2)C1. The summed E-state index contributed by atoms with van der Waals surface area (Å²) in [6.07, 6.45) is -0.276. The van der Waals surface area contributed by atoms with E-state index in [9.17, 15) is 9.59 Å². The molecule has 2 aliphatic heterocycles. The molecule has 1 fully saturated rings. The van der Waals surface area contributed by atoms with Crippen LogP contribution < -0.4 is 10.3 Å². The van der Waals surface area contributed by atoms with Crippen molar-refractivity contribution >= 4 is 6.09 Å². The van der Waals surface area contributed by atoms with Gasteiger partial charge in [-0.3, -0.25) is 9.78 Å². The van der Waals surface area contributed by atoms with Crippen LogP contribution in [-0.2, 0) is 6.42 Å². The van der Waals surface area contributed by atoms with Crippen molar-refractivity contribution in [2.24, 2.45) is 0 Å². The van der Waals surface area contributed by atoms with Crippen LogP contribution in [0.2, 0.25) is 0 Å². The number of nitrogens with zero attached hydrogens (tertiary/aromatic N) is 1. The minimum absolute atomic E-state index is 0.204. The summed E-state index contributed by atoms with van der Waals surface area (Å²) in [7, 11) is 0. The molecule has 84 valence electrons. The number of pyridine rings is 1. The number of H-pyrrole nitrogens is 1. The van der Waals surface area contributed by atoms with Gasteiger partial charge in [0.05, 0.1) is 13.1 Å². The van der Waals surface area contributed by atoms with Crippen LogP contribution >= 0.6 is 0 Å². The molecule has 1 saturated heterocycles. The van der Waals surface area contributed by atoms with Crippen LogP contribution in [0.15, 0.2) is 16.9 Å². The number of aromatic amines is 1. The Kier molecular flexibility index (Phi) is 1.61. The van der Waals surface area contributed by atoms with Gasteiger partial charge in [0.15, 0.2) is 5.88 Å². The van der Waals surface area contributed by atoms with E-state index in [2.05, 4.69) is 4.98 Å². The fraction of sp³-hybridized carbons (Fsp3) is 0.400. The van der Waals surface area contributed by atoms with Gasteiger partial charge < -0.3 is 14.7 Å². The number of ether oxygens (including phenoxy) is 1. The lowest BCUT2D eigenvalue weighted by molar-refractivity contribution is -0.0511. The van der Waals surface area contributed by atoms with Crippen molar-refractivity contribution in [1.29, 1.82) is 0 Å². The highest BCUT2D eigenvalue weighted by molar-refractivity contribution is 5.67. The molecule has 3 rings (SSSR count). The first kappa shape index (κ1) is 9.26. The number of likely N-dealkylation sites (tertiary alicyclic amines) is 1. The van der Waals surface area contributed by atoms with Gasteiger partial charge in [0, 0.05) is 18.1 Å². The zero-order valence-corrected chi connectivity index (χ0v) is 8.40. The molecule has 0 bridgehead atoms. The molecule has 1 spiro atoms. The summed E-state index contributed by atoms with van der Waals surface area (Å²) in [5, 5.41) is 8.75. The van der Waals surface area contributed by atoms with Gasteiger partial charge in [0.1, 0.15) is 5.60 Å². The van der Waals surface area contributed by atoms with Crippen LogP contribution in [0.3, 0.4) is 0 Å². The van der Waals surface area contributed by atoms with Gasteiger partial charge in [-0.2, -0.15) is 0 Å². The molecule has 0 aromatic carbocycles. The fourth-order valence-corrected chi connectivity index (χ4v) is 2.28. The van der Waals surface area contributed by atoms with E-state index >= 15 is 0 Å². The number of nitrogens with one attached hydrogen (secondary N) is 1. The Hall–Kier alpha value is -1.98. The molecule has 0 unspecified atom stereocenters. The maximum absolute atomic E-state index is 11.1. The first-order chi connectivity index (χ1) is 7.58. The molecule has 6 nitrogen and oxygen atoms in total. The molecule has 0 atom stereocenters. The van der Waals surface area contributed by atoms with Crippen molar-refractivity contribution < 1.29 is 14.6 Å². The second-order valence-corrected chi connectivity index (χ2v) is 4.28. The van der Waals surface area contributed by atoms with Crippen LogP contribution in [-0.4, -0.2) is 39.8 Å². The zero-order chi connectivity index (χ0) is 11.3. The highest BCUT2D eigenvalue weighted by Crippen LogP contribution is 2.38. The third kappa shape index (κ3) is 1.19. The smallest absolute Gasteiger partial charge is 0.407 e. The summed E-state index contributed by atoms with van der Waals surface area (Å²) in [4.78, 5) is 25.6. The van der Waals surface area contributed by atoms with Crippen LogP contribution in [0.5, 0.6) is 5.88 Å². The van der Waals surface area contributed by atoms with E-state index in [4.69, 9.17) is 9.84 Å². The standard InChI is InChI=1S/C10H10N2O4/c13-7-2-1-6-3-10(16-8(6)11-7)4-12(5-10)9(14)15/h1-2H,3-5H2,(H,11,13)(H,14,15). The summed E-state index contributed by atoms with van der Waals surface area (Å²) in [5.74, 6) is 0.484. The molecule has 0 aliphatic carbocycles. The lowest BCUT2D eigenvalue weighted by Gasteiger charge is -2.44. The fourth-order valence-electron chi connectivity index (χ4n) is 2.28. The van der Waals surface area contributed by atoms with Gasteiger partial charge in [-0.15, -0.1) is 0 Å². The monoisotopic (exact) mass is 222 g/mol. The average Bonchev–Trinajstić information content (AvgIpc) is 2.53. The van der Waals surface area contributed by atoms with Gasteiger partial charge >= 0.3 is 6.09 Å². The van der Waals surface area contributed by atoms with Gasteiger partial charge in [0.2, 0.25) is 0 Å². The summed E-state index contributed by atoms with van der Waals surface area (Å²) < 4.78 is 5.63. The first-order valence-electron chi connectivity index (χ1n) is 4.97. The summed E-state index contributed by atoms with van der Waals surface area (Å²) in [5.41, 5.74) is 0.278. The van der Waals surface area contributed by atoms with Crippen molar-refractivity contribution in [3.8, 4) is 5.88 Å². The zero-order valence-electron chi connectivity index (χ0n) is 8.40. The molecular weight excluding hydrogens is 212 g/mol. The molecule has 0 radical (unpaired) electrons. The molecule has 0 saturated carbocycles. The Labute approximate surface area is 90.5 Å². The summed E-state index contributed by atoms with van der Waals surface area (Å²) >= 11 is 0. The molecule has 1 aromatic rings. The number of rotatable bonds is 0. The Bertz CT molecular complexity index is 516. The Morgan fingerprint density at radius 2 is 2.25 bits per heavy atom. The van der Waals surface area contributed by atoms with E-state index in [-0.39, 0.29) is 5.56 Å². The third-order valence-corrected chi connectivity index (χ3v) is 3.02. The maximum atomic E-state index is 11.1. The lowest BCUT2D eigenvalue weighted by atomic mass is 9.90. The van der Waals surface area contributed by atoms with Crippen LogP contribution in [0.25, 0.3) is 0 Å². The predicted molar refractivity (Wildman–Crippen MR) is 53.7 cm³/mol. The van der Waals surface area contributed by atoms with Crippen molar-refractivity contribution in [2.45, 2.75) is 12.0 Å². The molecule has 1 aromatic heterocycles. The van der Waals surface area contributed by atoms with E-state index < -0.39 is 11.7 Å². The Morgan fingerprint density at radius 3 is 2.94 bits per heavy atom. The molecule has 16 heavy (non-hydrogen) atoms. The van der Waals surface area contributed by atoms with E-state index in [1.54, 1.807) is 6.07 Å². The molecule has 1 amide bonds. The van der Waals surface area contributed by atoms with Crippen molar-refractivity contribution in [2.75, 3.05) is 13.1 Å². The normalized spacial score (nSPS) is 20.1. The lowest BCUT2D eigenvalue weighted by Crippen LogP contribution is -2.65. The molecule has 3 heterocycles. The maximum Gasteiger partial charge on any atom is 0.407 e. The highest BCUT2D eigenvalue weighted by atomic mass is 16.5. The van der Waals surface area contributed by atoms with Crippen LogP contribution in [0.4, 0.5) is 4.79 Å². The first-order valence-corrected chi connectivity index (χ1v) is 4.97. The number of fused-ring (bicyclic) bond motifs is 1. The van der Waals surface area contributed by atoms with E-state index in [0.29, 0.717) is 25.4 Å². The van der Waals surface area contributed by atoms with Crippen molar-refractivity contribution in [3.05, 3.63) is 28.0 Å². The van der Waals surface area contributed by atoms with Crippen LogP contribution in [0, 0.1) is 0 Å². The van der Waals surface area contributed by atoms with Crippen LogP contribution in [0.1, 0.15) is 5.56 Å². The third-order valence-electron chi connectivity index (χ3n) is 3.02. The molecule has 2 N–H and O–H groups in total. The Morgan fingerprint density at radius 1 is 1.50 bits per heavy atom. The predicted octanol–water partition coefficient (Wildman–Crippen LogP) is 0.0422. The number of hydrogen-bond acceptors (Lipinski definition) is 3. The van der Waals surface area contributed by atoms with E-state index in [1.165, 1.54) is 11.0 Å². The molecule has 2 aliphatic rings. The Balaban J connectivity index is 1.82. The number of carboxylic acid groups (broad SMARTS) is 1. The second kappa shape index (κ2) is 2.78. The average molecular weight is 222 g/mol. The summed E-state index contributed by atoms with van der Waals surface area (Å²) in [6.45, 7) is 0.720. The van der Waals surface area contributed by atoms with Crippen molar-refractivity contribution in [3.63, 3.8) is 0 Å². The van der Waals surface area contributed by atoms with E-state index in [0.717, 1.165) is 5.56 Å². The summed E-state index contributed by atoms with van der Waals surface area (Å²) in [6, 6.07) is 3.18. The minimum atomic E-state index is -0.932. The van der Waals surface area contributed by atoms with E-state index in [1.807, 2.05) is 0 Å². The molecular formula is C10H10N2O4.